The molecule has 4 aromatic rings. The summed E-state index contributed by atoms with van der Waals surface area (Å²) in [5.41, 5.74) is 20.0. The van der Waals surface area contributed by atoms with Crippen LogP contribution in [0.5, 0.6) is 0 Å². The Kier molecular flexibility index (Phi) is 22.1. The van der Waals surface area contributed by atoms with Crippen LogP contribution in [0.3, 0.4) is 0 Å². The highest BCUT2D eigenvalue weighted by atomic mass is 32.2. The molecular formula is C52H72N14O10S. The maximum Gasteiger partial charge on any atom is 0.246 e. The largest absolute Gasteiger partial charge is 0.370 e. The first-order valence-electron chi connectivity index (χ1n) is 25.4. The van der Waals surface area contributed by atoms with Crippen LogP contribution in [0.1, 0.15) is 70.7 Å². The van der Waals surface area contributed by atoms with E-state index >= 15 is 0 Å². The van der Waals surface area contributed by atoms with Gasteiger partial charge in [-0.3, -0.25) is 47.9 Å². The second kappa shape index (κ2) is 28.4. The van der Waals surface area contributed by atoms with Gasteiger partial charge in [0.05, 0.1) is 24.8 Å². The number of thioether (sulfide) groups is 1. The summed E-state index contributed by atoms with van der Waals surface area (Å²) in [5, 5.41) is 19.3. The van der Waals surface area contributed by atoms with E-state index in [1.54, 1.807) is 44.3 Å². The number of benzene rings is 2. The molecule has 1 fully saturated rings. The molecule has 2 aromatic heterocycles. The van der Waals surface area contributed by atoms with Crippen molar-refractivity contribution in [3.63, 3.8) is 0 Å². The molecule has 2 aromatic carbocycles. The number of para-hydroxylation sites is 1. The van der Waals surface area contributed by atoms with Gasteiger partial charge in [0.15, 0.2) is 0 Å². The Bertz CT molecular complexity index is 2740. The summed E-state index contributed by atoms with van der Waals surface area (Å²) < 4.78 is 1.85. The number of carbonyl (C=O) groups is 10. The number of hydrogen-bond acceptors (Lipinski definition) is 13. The van der Waals surface area contributed by atoms with Crippen LogP contribution in [0.25, 0.3) is 10.9 Å². The van der Waals surface area contributed by atoms with Crippen molar-refractivity contribution in [3.8, 4) is 0 Å². The minimum Gasteiger partial charge on any atom is -0.370 e. The Morgan fingerprint density at radius 1 is 0.727 bits per heavy atom. The minimum atomic E-state index is -1.35. The highest BCUT2D eigenvalue weighted by Crippen LogP contribution is 2.24. The van der Waals surface area contributed by atoms with Crippen LogP contribution < -0.4 is 54.4 Å². The Labute approximate surface area is 450 Å². The molecule has 10 amide bonds. The molecule has 24 nitrogen and oxygen atoms in total. The molecule has 0 bridgehead atoms. The summed E-state index contributed by atoms with van der Waals surface area (Å²) in [6.07, 6.45) is 4.37. The van der Waals surface area contributed by atoms with Crippen LogP contribution in [-0.2, 0) is 74.3 Å². The molecule has 0 spiro atoms. The number of aryl methyl sites for hydroxylation is 1. The maximum absolute atomic E-state index is 14.3. The fourth-order valence-corrected chi connectivity index (χ4v) is 9.86. The van der Waals surface area contributed by atoms with Gasteiger partial charge in [-0.1, -0.05) is 76.2 Å². The van der Waals surface area contributed by atoms with Crippen LogP contribution in [0.4, 0.5) is 0 Å². The third-order valence-electron chi connectivity index (χ3n) is 12.9. The van der Waals surface area contributed by atoms with Crippen LogP contribution in [-0.4, -0.2) is 145 Å². The number of rotatable bonds is 28. The zero-order valence-corrected chi connectivity index (χ0v) is 44.9. The van der Waals surface area contributed by atoms with E-state index in [1.165, 1.54) is 36.1 Å². The molecule has 0 unspecified atom stereocenters. The number of nitrogens with one attached hydrogen (secondary N) is 8. The highest BCUT2D eigenvalue weighted by Gasteiger charge is 2.39. The minimum absolute atomic E-state index is 0.0562. The van der Waals surface area contributed by atoms with E-state index in [4.69, 9.17) is 17.2 Å². The number of hydrogen-bond donors (Lipinski definition) is 11. The number of nitrogens with zero attached hydrogens (tertiary/aromatic N) is 3. The lowest BCUT2D eigenvalue weighted by molar-refractivity contribution is -0.141. The molecule has 0 aliphatic carbocycles. The van der Waals surface area contributed by atoms with Gasteiger partial charge in [0.25, 0.3) is 0 Å². The van der Waals surface area contributed by atoms with Gasteiger partial charge in [0, 0.05) is 61.1 Å². The number of aromatic nitrogens is 3. The molecule has 416 valence electrons. The van der Waals surface area contributed by atoms with Gasteiger partial charge >= 0.3 is 0 Å². The van der Waals surface area contributed by atoms with Crippen molar-refractivity contribution in [2.24, 2.45) is 36.1 Å². The van der Waals surface area contributed by atoms with Gasteiger partial charge in [-0.25, -0.2) is 4.98 Å². The van der Waals surface area contributed by atoms with Gasteiger partial charge in [0.2, 0.25) is 59.1 Å². The topological polar surface area (TPSA) is 370 Å². The molecule has 1 aliphatic rings. The van der Waals surface area contributed by atoms with Crippen molar-refractivity contribution in [3.05, 3.63) is 90.1 Å². The monoisotopic (exact) mass is 1080 g/mol. The Hall–Kier alpha value is -7.80. The summed E-state index contributed by atoms with van der Waals surface area (Å²) in [7, 11) is 1.82. The van der Waals surface area contributed by atoms with Gasteiger partial charge in [-0.15, -0.1) is 11.8 Å². The van der Waals surface area contributed by atoms with E-state index in [1.807, 2.05) is 55.8 Å². The predicted octanol–water partition coefficient (Wildman–Crippen LogP) is -1.34. The molecule has 77 heavy (non-hydrogen) atoms. The number of primary amides is 2. The smallest absolute Gasteiger partial charge is 0.246 e. The molecule has 14 N–H and O–H groups in total. The van der Waals surface area contributed by atoms with Crippen molar-refractivity contribution in [2.75, 3.05) is 18.2 Å². The van der Waals surface area contributed by atoms with Crippen LogP contribution in [0.2, 0.25) is 0 Å². The summed E-state index contributed by atoms with van der Waals surface area (Å²) in [5.74, 6) is -7.31. The molecule has 3 heterocycles. The quantitative estimate of drug-likeness (QED) is 0.0314. The average Bonchev–Trinajstić information content (AvgIpc) is 4.17. The number of imidazole rings is 1. The lowest BCUT2D eigenvalue weighted by atomic mass is 10.0. The Morgan fingerprint density at radius 2 is 1.36 bits per heavy atom. The normalized spacial score (nSPS) is 16.0. The number of nitrogens with two attached hydrogens (primary N) is 3. The zero-order chi connectivity index (χ0) is 56.5. The SMILES string of the molecule is CC(C)C[C@H](NC(=O)[C@H](Cc1cnc[nH]1)NC(=O)CNC(=O)[C@@H](NC(=O)[C@H](C)NC(=O)[C@H](Cc1cn(C)c2ccccc12)NC(=O)[C@H](CCC(N)=O)NC(=O)[C@H](N)Cc1ccccc1)C(C)C)C(=O)N1CSC[C@H]1C(N)=O. The summed E-state index contributed by atoms with van der Waals surface area (Å²) in [6.45, 7) is 7.77. The van der Waals surface area contributed by atoms with E-state index in [0.29, 0.717) is 17.0 Å². The van der Waals surface area contributed by atoms with Crippen LogP contribution in [0.15, 0.2) is 73.3 Å². The first-order valence-corrected chi connectivity index (χ1v) is 26.5. The van der Waals surface area contributed by atoms with Crippen molar-refractivity contribution >= 4 is 81.7 Å². The molecule has 5 rings (SSSR count). The maximum atomic E-state index is 14.3. The number of aromatic amines is 1. The lowest BCUT2D eigenvalue weighted by Crippen LogP contribution is -2.59. The third-order valence-corrected chi connectivity index (χ3v) is 13.9. The summed E-state index contributed by atoms with van der Waals surface area (Å²) in [4.78, 5) is 143. The Morgan fingerprint density at radius 3 is 2.01 bits per heavy atom. The summed E-state index contributed by atoms with van der Waals surface area (Å²) in [6, 6.07) is 6.94. The second-order valence-electron chi connectivity index (χ2n) is 19.9. The zero-order valence-electron chi connectivity index (χ0n) is 44.1. The van der Waals surface area contributed by atoms with E-state index in [9.17, 15) is 47.9 Å². The standard InChI is InChI=1S/C52H72N14O10S/c1-28(2)18-39(52(76)66-27-77-25-41(66)45(55)69)63-50(74)38(21-33-22-56-26-58-33)60-43(68)23-57-51(75)44(29(3)4)64-46(70)30(5)59-49(73)37(20-32-24-65(6)40-15-11-10-14-34(32)40)62-48(72)36(16-17-42(54)67)61-47(71)35(53)19-31-12-8-7-9-13-31/h7-15,22,24,26,28-30,35-39,41,44H,16-21,23,25,27,53H2,1-6H3,(H2,54,67)(H2,55,69)(H,56,58)(H,57,75)(H,59,73)(H,60,68)(H,61,71)(H,62,72)(H,63,74)(H,64,70)/t30-,35+,36-,37-,38-,39-,41-,44-/m0/s1. The lowest BCUT2D eigenvalue weighted by Gasteiger charge is -2.29. The van der Waals surface area contributed by atoms with E-state index in [2.05, 4.69) is 47.2 Å². The average molecular weight is 1090 g/mol. The molecular weight excluding hydrogens is 1010 g/mol. The first kappa shape index (κ1) is 60.1. The number of carbonyl (C=O) groups excluding carboxylic acids is 10. The fourth-order valence-electron chi connectivity index (χ4n) is 8.69. The van der Waals surface area contributed by atoms with Gasteiger partial charge in [-0.2, -0.15) is 0 Å². The van der Waals surface area contributed by atoms with Crippen molar-refractivity contribution < 1.29 is 47.9 Å². The number of amides is 10. The molecule has 25 heteroatoms. The van der Waals surface area contributed by atoms with Gasteiger partial charge in [-0.05, 0) is 55.2 Å². The molecule has 1 aliphatic heterocycles. The van der Waals surface area contributed by atoms with Crippen molar-refractivity contribution in [2.45, 2.75) is 121 Å². The van der Waals surface area contributed by atoms with Crippen molar-refractivity contribution in [1.29, 1.82) is 0 Å². The number of H-pyrrole nitrogens is 1. The third kappa shape index (κ3) is 17.6. The van der Waals surface area contributed by atoms with E-state index in [-0.39, 0.29) is 50.3 Å². The first-order chi connectivity index (χ1) is 36.5. The van der Waals surface area contributed by atoms with Crippen molar-refractivity contribution in [1.82, 2.24) is 56.7 Å². The molecule has 8 atom stereocenters. The molecule has 1 saturated heterocycles. The van der Waals surface area contributed by atoms with Gasteiger partial charge in [0.1, 0.15) is 42.3 Å². The number of fused-ring (bicyclic) bond motifs is 1. The highest BCUT2D eigenvalue weighted by molar-refractivity contribution is 7.99. The summed E-state index contributed by atoms with van der Waals surface area (Å²) >= 11 is 1.36. The Balaban J connectivity index is 1.26. The van der Waals surface area contributed by atoms with E-state index in [0.717, 1.165) is 16.5 Å². The molecule has 0 radical (unpaired) electrons. The molecule has 0 saturated carbocycles. The van der Waals surface area contributed by atoms with Crippen LogP contribution >= 0.6 is 11.8 Å². The van der Waals surface area contributed by atoms with Crippen LogP contribution in [0, 0.1) is 11.8 Å². The van der Waals surface area contributed by atoms with Gasteiger partial charge < -0.3 is 68.9 Å². The second-order valence-corrected chi connectivity index (χ2v) is 20.9. The fraction of sp³-hybridized carbons (Fsp3) is 0.481. The van der Waals surface area contributed by atoms with E-state index < -0.39 is 120 Å². The predicted molar refractivity (Wildman–Crippen MR) is 287 cm³/mol.